The summed E-state index contributed by atoms with van der Waals surface area (Å²) in [6.07, 6.45) is 11.5. The van der Waals surface area contributed by atoms with Gasteiger partial charge in [-0.25, -0.2) is 4.79 Å². The molecule has 4 aliphatic rings. The van der Waals surface area contributed by atoms with Crippen molar-refractivity contribution in [3.63, 3.8) is 0 Å². The van der Waals surface area contributed by atoms with E-state index < -0.39 is 0 Å². The third-order valence-electron chi connectivity index (χ3n) is 10.3. The second kappa shape index (κ2) is 8.84. The number of fused-ring (bicyclic) bond motifs is 5. The maximum absolute atomic E-state index is 12.7. The zero-order chi connectivity index (χ0) is 24.1. The van der Waals surface area contributed by atoms with Crippen LogP contribution >= 0.6 is 0 Å². The fourth-order valence-corrected chi connectivity index (χ4v) is 8.67. The summed E-state index contributed by atoms with van der Waals surface area (Å²) < 4.78 is 11.6. The zero-order valence-electron chi connectivity index (χ0n) is 21.2. The number of carbonyl (C=O) groups is 2. The second-order valence-electron chi connectivity index (χ2n) is 11.9. The van der Waals surface area contributed by atoms with Gasteiger partial charge in [-0.05, 0) is 92.6 Å². The van der Waals surface area contributed by atoms with Crippen LogP contribution in [0.25, 0.3) is 0 Å². The average Bonchev–Trinajstić information content (AvgIpc) is 3.17. The minimum atomic E-state index is -0.198. The van der Waals surface area contributed by atoms with E-state index in [-0.39, 0.29) is 35.0 Å². The Balaban J connectivity index is 1.31. The Kier molecular flexibility index (Phi) is 6.14. The van der Waals surface area contributed by atoms with E-state index in [1.807, 2.05) is 30.3 Å². The summed E-state index contributed by atoms with van der Waals surface area (Å²) in [5, 5.41) is 0. The number of allylic oxidation sites excluding steroid dienone is 1. The van der Waals surface area contributed by atoms with E-state index in [1.54, 1.807) is 0 Å². The van der Waals surface area contributed by atoms with Gasteiger partial charge in [0.2, 0.25) is 0 Å². The Morgan fingerprint density at radius 2 is 1.76 bits per heavy atom. The number of esters is 2. The SMILES string of the molecule is CC(=O)O[C@H]1CC[C@@]2(C)C(=CC[C@H]3[C@@H]4CC[C@H]([C@@H](C)OC(=O)c5ccccc5)[C@@]4(C)CC[C@@H]32)C1. The summed E-state index contributed by atoms with van der Waals surface area (Å²) in [6, 6.07) is 9.38. The van der Waals surface area contributed by atoms with Gasteiger partial charge in [0, 0.05) is 19.3 Å². The summed E-state index contributed by atoms with van der Waals surface area (Å²) in [5.41, 5.74) is 2.65. The first-order valence-electron chi connectivity index (χ1n) is 13.3. The minimum absolute atomic E-state index is 0.0539. The van der Waals surface area contributed by atoms with Crippen molar-refractivity contribution < 1.29 is 19.1 Å². The molecule has 0 saturated heterocycles. The lowest BCUT2D eigenvalue weighted by molar-refractivity contribution is -0.148. The van der Waals surface area contributed by atoms with E-state index >= 15 is 0 Å². The van der Waals surface area contributed by atoms with Crippen molar-refractivity contribution in [2.75, 3.05) is 0 Å². The van der Waals surface area contributed by atoms with Crippen LogP contribution in [0.4, 0.5) is 0 Å². The van der Waals surface area contributed by atoms with Gasteiger partial charge in [-0.15, -0.1) is 0 Å². The lowest BCUT2D eigenvalue weighted by Gasteiger charge is -2.58. The molecule has 0 aliphatic heterocycles. The van der Waals surface area contributed by atoms with Crippen LogP contribution in [0.2, 0.25) is 0 Å². The lowest BCUT2D eigenvalue weighted by Crippen LogP contribution is -2.51. The molecule has 3 fully saturated rings. The highest BCUT2D eigenvalue weighted by Crippen LogP contribution is 2.66. The molecule has 0 unspecified atom stereocenters. The molecule has 0 bridgehead atoms. The molecule has 0 spiro atoms. The van der Waals surface area contributed by atoms with Crippen LogP contribution in [-0.4, -0.2) is 24.1 Å². The van der Waals surface area contributed by atoms with E-state index in [2.05, 4.69) is 26.8 Å². The van der Waals surface area contributed by atoms with Gasteiger partial charge in [-0.3, -0.25) is 4.79 Å². The maximum atomic E-state index is 12.7. The molecule has 4 aliphatic carbocycles. The molecule has 4 nitrogen and oxygen atoms in total. The van der Waals surface area contributed by atoms with Crippen molar-refractivity contribution in [2.45, 2.75) is 91.3 Å². The molecular formula is C30H40O4. The fraction of sp³-hybridized carbons (Fsp3) is 0.667. The standard InChI is InChI=1S/C30H40O4/c1-19(33-28(32)21-8-6-5-7-9-21)25-12-13-26-24-11-10-22-18-23(34-20(2)31)14-16-29(22,3)27(24)15-17-30(25,26)4/h5-10,19,23-27H,11-18H2,1-4H3/t19-,23+,24+,25-,26+,27+,29+,30-/m1/s1. The molecule has 1 aromatic rings. The number of carbonyl (C=O) groups excluding carboxylic acids is 2. The molecule has 184 valence electrons. The summed E-state index contributed by atoms with van der Waals surface area (Å²) >= 11 is 0. The molecule has 0 heterocycles. The molecule has 3 saturated carbocycles. The molecule has 8 atom stereocenters. The second-order valence-corrected chi connectivity index (χ2v) is 11.9. The van der Waals surface area contributed by atoms with E-state index in [4.69, 9.17) is 9.47 Å². The van der Waals surface area contributed by atoms with E-state index in [0.29, 0.717) is 29.2 Å². The van der Waals surface area contributed by atoms with Gasteiger partial charge < -0.3 is 9.47 Å². The predicted octanol–water partition coefficient (Wildman–Crippen LogP) is 6.74. The monoisotopic (exact) mass is 464 g/mol. The van der Waals surface area contributed by atoms with E-state index in [9.17, 15) is 9.59 Å². The van der Waals surface area contributed by atoms with Crippen molar-refractivity contribution in [1.82, 2.24) is 0 Å². The third-order valence-corrected chi connectivity index (χ3v) is 10.3. The van der Waals surface area contributed by atoms with Crippen molar-refractivity contribution >= 4 is 11.9 Å². The van der Waals surface area contributed by atoms with E-state index in [1.165, 1.54) is 31.8 Å². The van der Waals surface area contributed by atoms with Crippen molar-refractivity contribution in [1.29, 1.82) is 0 Å². The number of rotatable bonds is 4. The molecule has 5 rings (SSSR count). The molecule has 0 aromatic heterocycles. The highest BCUT2D eigenvalue weighted by Gasteiger charge is 2.59. The van der Waals surface area contributed by atoms with Crippen LogP contribution in [0.15, 0.2) is 42.0 Å². The van der Waals surface area contributed by atoms with Gasteiger partial charge in [-0.1, -0.05) is 43.7 Å². The lowest BCUT2D eigenvalue weighted by atomic mass is 9.47. The van der Waals surface area contributed by atoms with Gasteiger partial charge in [0.05, 0.1) is 5.56 Å². The molecular weight excluding hydrogens is 424 g/mol. The van der Waals surface area contributed by atoms with Gasteiger partial charge in [0.1, 0.15) is 12.2 Å². The van der Waals surface area contributed by atoms with Crippen LogP contribution in [0, 0.1) is 34.5 Å². The summed E-state index contributed by atoms with van der Waals surface area (Å²) in [7, 11) is 0. The van der Waals surface area contributed by atoms with Crippen LogP contribution < -0.4 is 0 Å². The predicted molar refractivity (Wildman–Crippen MR) is 132 cm³/mol. The molecule has 0 N–H and O–H groups in total. The number of benzene rings is 1. The molecule has 0 amide bonds. The average molecular weight is 465 g/mol. The van der Waals surface area contributed by atoms with Gasteiger partial charge >= 0.3 is 11.9 Å². The highest BCUT2D eigenvalue weighted by atomic mass is 16.5. The first kappa shape index (κ1) is 23.6. The quantitative estimate of drug-likeness (QED) is 0.366. The number of hydrogen-bond donors (Lipinski definition) is 0. The summed E-state index contributed by atoms with van der Waals surface area (Å²) in [4.78, 5) is 24.2. The van der Waals surface area contributed by atoms with Crippen molar-refractivity contribution in [2.24, 2.45) is 34.5 Å². The van der Waals surface area contributed by atoms with Crippen LogP contribution in [0.3, 0.4) is 0 Å². The van der Waals surface area contributed by atoms with Crippen LogP contribution in [0.5, 0.6) is 0 Å². The Morgan fingerprint density at radius 1 is 1.00 bits per heavy atom. The fourth-order valence-electron chi connectivity index (χ4n) is 8.67. The Bertz CT molecular complexity index is 967. The Hall–Kier alpha value is -2.10. The Morgan fingerprint density at radius 3 is 2.50 bits per heavy atom. The van der Waals surface area contributed by atoms with E-state index in [0.717, 1.165) is 32.1 Å². The third kappa shape index (κ3) is 3.91. The van der Waals surface area contributed by atoms with Crippen molar-refractivity contribution in [3.8, 4) is 0 Å². The molecule has 4 heteroatoms. The van der Waals surface area contributed by atoms with Gasteiger partial charge in [-0.2, -0.15) is 0 Å². The van der Waals surface area contributed by atoms with Crippen LogP contribution in [0.1, 0.15) is 89.4 Å². The summed E-state index contributed by atoms with van der Waals surface area (Å²) in [5.74, 6) is 2.18. The van der Waals surface area contributed by atoms with Crippen molar-refractivity contribution in [3.05, 3.63) is 47.5 Å². The molecule has 34 heavy (non-hydrogen) atoms. The number of ether oxygens (including phenoxy) is 2. The normalized spacial score (nSPS) is 39.6. The summed E-state index contributed by atoms with van der Waals surface area (Å²) in [6.45, 7) is 8.61. The smallest absolute Gasteiger partial charge is 0.338 e. The first-order chi connectivity index (χ1) is 16.2. The minimum Gasteiger partial charge on any atom is -0.462 e. The topological polar surface area (TPSA) is 52.6 Å². The molecule has 0 radical (unpaired) electrons. The van der Waals surface area contributed by atoms with Crippen LogP contribution in [-0.2, 0) is 14.3 Å². The highest BCUT2D eigenvalue weighted by molar-refractivity contribution is 5.89. The molecule has 1 aromatic carbocycles. The number of hydrogen-bond acceptors (Lipinski definition) is 4. The first-order valence-corrected chi connectivity index (χ1v) is 13.3. The maximum Gasteiger partial charge on any atom is 0.338 e. The Labute approximate surface area is 204 Å². The van der Waals surface area contributed by atoms with Gasteiger partial charge in [0.25, 0.3) is 0 Å². The largest absolute Gasteiger partial charge is 0.462 e. The zero-order valence-corrected chi connectivity index (χ0v) is 21.2. The van der Waals surface area contributed by atoms with Gasteiger partial charge in [0.15, 0.2) is 0 Å².